The van der Waals surface area contributed by atoms with Crippen molar-refractivity contribution in [3.8, 4) is 0 Å². The summed E-state index contributed by atoms with van der Waals surface area (Å²) in [7, 11) is 5.92. The molecule has 0 saturated carbocycles. The summed E-state index contributed by atoms with van der Waals surface area (Å²) in [4.78, 5) is 37.6. The Hall–Kier alpha value is -5.87. The molecule has 0 fully saturated rings. The fourth-order valence-electron chi connectivity index (χ4n) is 10.0. The number of unbranched alkanes of at least 4 members (excludes halogenated alkanes) is 22. The van der Waals surface area contributed by atoms with Crippen LogP contribution in [-0.4, -0.2) is 82.3 Å². The normalized spacial score (nSPS) is 13.8. The van der Waals surface area contributed by atoms with Gasteiger partial charge in [-0.1, -0.05) is 324 Å². The van der Waals surface area contributed by atoms with Crippen molar-refractivity contribution in [2.24, 2.45) is 0 Å². The molecule has 0 heterocycles. The third kappa shape index (κ3) is 77.4. The molecule has 0 bridgehead atoms. The molecular formula is C88H141NO8. The van der Waals surface area contributed by atoms with E-state index in [2.05, 4.69) is 208 Å². The highest BCUT2D eigenvalue weighted by Crippen LogP contribution is 2.16. The zero-order chi connectivity index (χ0) is 70.4. The third-order valence-electron chi connectivity index (χ3n) is 15.8. The summed E-state index contributed by atoms with van der Waals surface area (Å²) in [6.45, 7) is 4.51. The summed E-state index contributed by atoms with van der Waals surface area (Å²) in [5.41, 5.74) is 0. The molecule has 2 atom stereocenters. The molecule has 0 saturated heterocycles. The molecule has 0 aromatic carbocycles. The van der Waals surface area contributed by atoms with Crippen LogP contribution in [0.5, 0.6) is 0 Å². The molecule has 9 heteroatoms. The van der Waals surface area contributed by atoms with Gasteiger partial charge in [-0.15, -0.1) is 0 Å². The lowest BCUT2D eigenvalue weighted by Gasteiger charge is -2.26. The molecule has 0 aromatic heterocycles. The first-order valence-electron chi connectivity index (χ1n) is 38.6. The van der Waals surface area contributed by atoms with Gasteiger partial charge in [0.25, 0.3) is 0 Å². The number of nitrogens with zero attached hydrogens (tertiary/aromatic N) is 1. The molecule has 0 N–H and O–H groups in total. The number of ether oxygens (including phenoxy) is 4. The van der Waals surface area contributed by atoms with Crippen LogP contribution in [0.1, 0.15) is 284 Å². The number of aliphatic carboxylic acids is 1. The minimum Gasteiger partial charge on any atom is -0.545 e. The number of quaternary nitrogens is 1. The number of carbonyl (C=O) groups excluding carboxylic acids is 3. The van der Waals surface area contributed by atoms with Gasteiger partial charge < -0.3 is 33.3 Å². The van der Waals surface area contributed by atoms with Crippen molar-refractivity contribution in [3.63, 3.8) is 0 Å². The van der Waals surface area contributed by atoms with E-state index in [1.165, 1.54) is 89.9 Å². The van der Waals surface area contributed by atoms with Crippen molar-refractivity contribution in [2.45, 2.75) is 296 Å². The molecule has 2 unspecified atom stereocenters. The van der Waals surface area contributed by atoms with Gasteiger partial charge in [0.2, 0.25) is 0 Å². The van der Waals surface area contributed by atoms with Crippen LogP contribution < -0.4 is 5.11 Å². The Morgan fingerprint density at radius 3 is 0.825 bits per heavy atom. The van der Waals surface area contributed by atoms with Crippen molar-refractivity contribution in [2.75, 3.05) is 47.5 Å². The Morgan fingerprint density at radius 2 is 0.557 bits per heavy atom. The van der Waals surface area contributed by atoms with Crippen LogP contribution in [0.25, 0.3) is 0 Å². The standard InChI is InChI=1S/C88H141NO8/c1-6-8-10-12-14-16-18-20-22-24-26-28-30-32-34-36-38-40-41-42-43-44-45-47-49-51-53-55-57-59-61-63-65-67-69-71-73-75-77-79-86(91)97-84(83-96-88(87(92)93)94-81-80-89(3,4)5)82-95-85(90)78-76-74-72-70-68-66-64-62-60-58-56-54-52-50-48-46-39-37-35-33-31-29-27-25-23-21-19-17-15-13-11-9-7-2/h8-11,14-17,20-23,26-29,32-35,38-40,42-43,45-47,50-53,84,88H,6-7,12-13,18-19,24-25,30-31,36-37,41,44,48-49,54-83H2,1-5H3/b10-8-,11-9-,16-14-,17-15-,22-20-,23-21-,28-26-,29-27-,34-32-,35-33-,40-38-,43-42-,46-39-,47-45-,52-50-,53-51-. The van der Waals surface area contributed by atoms with Crippen molar-refractivity contribution < 1.29 is 42.9 Å². The number of carbonyl (C=O) groups is 3. The van der Waals surface area contributed by atoms with Gasteiger partial charge in [-0.05, 0) is 141 Å². The lowest BCUT2D eigenvalue weighted by Crippen LogP contribution is -2.44. The molecule has 546 valence electrons. The number of esters is 2. The maximum absolute atomic E-state index is 13.0. The second-order valence-corrected chi connectivity index (χ2v) is 26.2. The minimum absolute atomic E-state index is 0.138. The first kappa shape index (κ1) is 91.1. The van der Waals surface area contributed by atoms with Gasteiger partial charge in [0.1, 0.15) is 13.2 Å². The molecule has 0 aliphatic heterocycles. The van der Waals surface area contributed by atoms with Crippen LogP contribution in [0.3, 0.4) is 0 Å². The number of hydrogen-bond donors (Lipinski definition) is 0. The predicted octanol–water partition coefficient (Wildman–Crippen LogP) is 23.6. The smallest absolute Gasteiger partial charge is 0.306 e. The van der Waals surface area contributed by atoms with Crippen LogP contribution in [0.4, 0.5) is 0 Å². The molecule has 0 radical (unpaired) electrons. The summed E-state index contributed by atoms with van der Waals surface area (Å²) >= 11 is 0. The van der Waals surface area contributed by atoms with E-state index >= 15 is 0 Å². The minimum atomic E-state index is -1.64. The second kappa shape index (κ2) is 75.9. The van der Waals surface area contributed by atoms with E-state index in [-0.39, 0.29) is 38.6 Å². The number of rotatable bonds is 69. The number of likely N-dealkylation sites (N-methyl/N-ethyl adjacent to an activating group) is 1. The van der Waals surface area contributed by atoms with Crippen molar-refractivity contribution in [3.05, 3.63) is 194 Å². The van der Waals surface area contributed by atoms with Gasteiger partial charge in [0.05, 0.1) is 40.3 Å². The summed E-state index contributed by atoms with van der Waals surface area (Å²) in [5, 5.41) is 11.9. The van der Waals surface area contributed by atoms with Crippen LogP contribution >= 0.6 is 0 Å². The van der Waals surface area contributed by atoms with Gasteiger partial charge in [0.15, 0.2) is 12.4 Å². The highest BCUT2D eigenvalue weighted by Gasteiger charge is 2.22. The van der Waals surface area contributed by atoms with E-state index in [0.29, 0.717) is 17.4 Å². The molecule has 97 heavy (non-hydrogen) atoms. The average molecular weight is 1340 g/mol. The number of carboxylic acid groups (broad SMARTS) is 1. The quantitative estimate of drug-likeness (QED) is 0.0195. The van der Waals surface area contributed by atoms with Crippen molar-refractivity contribution in [1.29, 1.82) is 0 Å². The molecule has 9 nitrogen and oxygen atoms in total. The van der Waals surface area contributed by atoms with Crippen LogP contribution in [0.2, 0.25) is 0 Å². The lowest BCUT2D eigenvalue weighted by molar-refractivity contribution is -0.870. The summed E-state index contributed by atoms with van der Waals surface area (Å²) in [5.74, 6) is -2.30. The first-order valence-corrected chi connectivity index (χ1v) is 38.6. The summed E-state index contributed by atoms with van der Waals surface area (Å²) < 4.78 is 22.8. The molecule has 0 amide bonds. The molecular weight excluding hydrogens is 1200 g/mol. The lowest BCUT2D eigenvalue weighted by atomic mass is 10.0. The van der Waals surface area contributed by atoms with Crippen molar-refractivity contribution in [1.82, 2.24) is 0 Å². The zero-order valence-corrected chi connectivity index (χ0v) is 62.4. The Labute approximate surface area is 595 Å². The fraction of sp³-hybridized carbons (Fsp3) is 0.602. The predicted molar refractivity (Wildman–Crippen MR) is 416 cm³/mol. The Morgan fingerprint density at radius 1 is 0.309 bits per heavy atom. The highest BCUT2D eigenvalue weighted by atomic mass is 16.7. The maximum atomic E-state index is 13.0. The topological polar surface area (TPSA) is 111 Å². The summed E-state index contributed by atoms with van der Waals surface area (Å²) in [6, 6.07) is 0. The first-order chi connectivity index (χ1) is 47.6. The van der Waals surface area contributed by atoms with E-state index < -0.39 is 24.3 Å². The van der Waals surface area contributed by atoms with Gasteiger partial charge in [0, 0.05) is 12.8 Å². The SMILES string of the molecule is CC/C=C\C/C=C\C/C=C\C/C=C\C/C=C\C/C=C\C/C=C\C/C=C\C/C=C\CCCCCCCCCCCCCC(=O)OC(COC(=O)CCCCCCCCCCCCC/C=C\C/C=C\C/C=C\C/C=C\C/C=C\C/C=C\C/C=C\CC)COC(OCC[N+](C)(C)C)C(=O)[O-]. The zero-order valence-electron chi connectivity index (χ0n) is 62.4. The van der Waals surface area contributed by atoms with E-state index in [1.54, 1.807) is 0 Å². The van der Waals surface area contributed by atoms with Crippen molar-refractivity contribution >= 4 is 17.9 Å². The van der Waals surface area contributed by atoms with Crippen LogP contribution in [0.15, 0.2) is 194 Å². The van der Waals surface area contributed by atoms with Gasteiger partial charge in [-0.3, -0.25) is 9.59 Å². The summed E-state index contributed by atoms with van der Waals surface area (Å²) in [6.07, 6.45) is 114. The average Bonchev–Trinajstić information content (AvgIpc) is 2.39. The Kier molecular flexibility index (Phi) is 71.3. The van der Waals surface area contributed by atoms with E-state index in [0.717, 1.165) is 161 Å². The van der Waals surface area contributed by atoms with Gasteiger partial charge in [-0.2, -0.15) is 0 Å². The molecule has 0 aromatic rings. The molecule has 0 spiro atoms. The molecule has 0 aliphatic carbocycles. The Bertz CT molecular complexity index is 2310. The van der Waals surface area contributed by atoms with E-state index in [1.807, 2.05) is 21.1 Å². The number of allylic oxidation sites excluding steroid dienone is 32. The van der Waals surface area contributed by atoms with Gasteiger partial charge in [-0.25, -0.2) is 0 Å². The highest BCUT2D eigenvalue weighted by molar-refractivity contribution is 5.70. The van der Waals surface area contributed by atoms with Crippen LogP contribution in [0, 0.1) is 0 Å². The fourth-order valence-corrected chi connectivity index (χ4v) is 10.0. The largest absolute Gasteiger partial charge is 0.545 e. The van der Waals surface area contributed by atoms with Gasteiger partial charge >= 0.3 is 11.9 Å². The Balaban J connectivity index is 4.15. The second-order valence-electron chi connectivity index (χ2n) is 26.2. The number of carboxylic acids is 1. The molecule has 0 aliphatic rings. The monoisotopic (exact) mass is 1340 g/mol. The number of hydrogen-bond acceptors (Lipinski definition) is 8. The van der Waals surface area contributed by atoms with E-state index in [9.17, 15) is 19.5 Å². The maximum Gasteiger partial charge on any atom is 0.306 e. The van der Waals surface area contributed by atoms with Crippen LogP contribution in [-0.2, 0) is 33.3 Å². The third-order valence-corrected chi connectivity index (χ3v) is 15.8. The van der Waals surface area contributed by atoms with E-state index in [4.69, 9.17) is 18.9 Å². The molecule has 0 rings (SSSR count).